The standard InChI is InChI=1S/C4H4N4O4/c5-2-1(8(11)12)3(9)7-4(10)6-2/h(H4,5,6,7,9,10)/i1+1,2+1,3+1. The molecule has 0 aliphatic rings. The van der Waals surface area contributed by atoms with Crippen molar-refractivity contribution in [2.45, 2.75) is 0 Å². The lowest BCUT2D eigenvalue weighted by molar-refractivity contribution is -0.385. The van der Waals surface area contributed by atoms with Crippen LogP contribution < -0.4 is 17.0 Å². The molecule has 1 rings (SSSR count). The number of aromatic nitrogens is 2. The molecule has 0 saturated carbocycles. The van der Waals surface area contributed by atoms with Crippen LogP contribution in [0.1, 0.15) is 0 Å². The van der Waals surface area contributed by atoms with Crippen LogP contribution in [0.5, 0.6) is 0 Å². The first kappa shape index (κ1) is 7.98. The van der Waals surface area contributed by atoms with Gasteiger partial charge in [0.1, 0.15) is 0 Å². The molecule has 0 aromatic carbocycles. The Morgan fingerprint density at radius 2 is 1.92 bits per heavy atom. The summed E-state index contributed by atoms with van der Waals surface area (Å²) < 4.78 is 0. The van der Waals surface area contributed by atoms with E-state index in [2.05, 4.69) is 0 Å². The minimum atomic E-state index is -1.11. The Morgan fingerprint density at radius 3 is 2.33 bits per heavy atom. The van der Waals surface area contributed by atoms with Gasteiger partial charge >= 0.3 is 16.9 Å². The quantitative estimate of drug-likeness (QED) is 0.354. The summed E-state index contributed by atoms with van der Waals surface area (Å²) in [6, 6.07) is 0. The van der Waals surface area contributed by atoms with E-state index in [1.54, 1.807) is 4.98 Å². The summed E-state index contributed by atoms with van der Waals surface area (Å²) in [5, 5.41) is 10.1. The maximum Gasteiger partial charge on any atom is 0.373 e. The number of nitrogens with zero attached hydrogens (tertiary/aromatic N) is 1. The number of nitrogen functional groups attached to an aromatic ring is 1. The third kappa shape index (κ3) is 1.17. The third-order valence-electron chi connectivity index (χ3n) is 1.13. The Morgan fingerprint density at radius 1 is 1.33 bits per heavy atom. The molecule has 0 radical (unpaired) electrons. The van der Waals surface area contributed by atoms with E-state index in [1.807, 2.05) is 4.98 Å². The van der Waals surface area contributed by atoms with Gasteiger partial charge in [0.05, 0.1) is 4.92 Å². The molecule has 0 fully saturated rings. The van der Waals surface area contributed by atoms with Crippen molar-refractivity contribution in [3.05, 3.63) is 31.0 Å². The van der Waals surface area contributed by atoms with E-state index in [9.17, 15) is 19.7 Å². The van der Waals surface area contributed by atoms with Crippen LogP contribution in [0, 0.1) is 10.1 Å². The highest BCUT2D eigenvalue weighted by Crippen LogP contribution is 2.07. The van der Waals surface area contributed by atoms with Crippen molar-refractivity contribution in [2.75, 3.05) is 5.73 Å². The minimum Gasteiger partial charge on any atom is -0.379 e. The summed E-state index contributed by atoms with van der Waals surface area (Å²) in [6.07, 6.45) is 0. The van der Waals surface area contributed by atoms with Crippen molar-refractivity contribution in [1.29, 1.82) is 0 Å². The van der Waals surface area contributed by atoms with Gasteiger partial charge in [-0.1, -0.05) is 0 Å². The summed E-state index contributed by atoms with van der Waals surface area (Å²) in [5.74, 6) is -0.547. The Hall–Kier alpha value is -2.12. The summed E-state index contributed by atoms with van der Waals surface area (Å²) in [5.41, 5.74) is 2.17. The summed E-state index contributed by atoms with van der Waals surface area (Å²) >= 11 is 0. The second kappa shape index (κ2) is 2.49. The highest BCUT2D eigenvalue weighted by Gasteiger charge is 2.17. The second-order valence-corrected chi connectivity index (χ2v) is 1.93. The van der Waals surface area contributed by atoms with Gasteiger partial charge in [0.25, 0.3) is 0 Å². The van der Waals surface area contributed by atoms with Gasteiger partial charge in [-0.25, -0.2) is 4.79 Å². The van der Waals surface area contributed by atoms with E-state index in [1.165, 1.54) is 0 Å². The Balaban J connectivity index is 3.60. The highest BCUT2D eigenvalue weighted by atomic mass is 16.6. The molecule has 64 valence electrons. The van der Waals surface area contributed by atoms with Crippen LogP contribution in [-0.2, 0) is 0 Å². The fraction of sp³-hybridized carbons (Fsp3) is 0. The number of aromatic amines is 2. The van der Waals surface area contributed by atoms with E-state index in [0.717, 1.165) is 0 Å². The number of hydrogen-bond donors (Lipinski definition) is 3. The molecule has 0 aliphatic heterocycles. The molecule has 8 nitrogen and oxygen atoms in total. The molecule has 0 saturated heterocycles. The lowest BCUT2D eigenvalue weighted by Gasteiger charge is -1.92. The van der Waals surface area contributed by atoms with Crippen LogP contribution >= 0.6 is 0 Å². The molecule has 0 bridgehead atoms. The van der Waals surface area contributed by atoms with E-state index < -0.39 is 27.7 Å². The molecule has 0 amide bonds. The van der Waals surface area contributed by atoms with Gasteiger partial charge in [0, 0.05) is 0 Å². The van der Waals surface area contributed by atoms with Gasteiger partial charge in [-0.05, 0) is 0 Å². The zero-order chi connectivity index (χ0) is 9.30. The number of hydrogen-bond acceptors (Lipinski definition) is 5. The van der Waals surface area contributed by atoms with Crippen molar-refractivity contribution < 1.29 is 4.92 Å². The van der Waals surface area contributed by atoms with Gasteiger partial charge < -0.3 is 5.73 Å². The molecule has 8 heteroatoms. The van der Waals surface area contributed by atoms with Crippen molar-refractivity contribution in [3.8, 4) is 0 Å². The highest BCUT2D eigenvalue weighted by molar-refractivity contribution is 5.48. The van der Waals surface area contributed by atoms with Crippen molar-refractivity contribution in [1.82, 2.24) is 9.97 Å². The monoisotopic (exact) mass is 175 g/mol. The molecule has 1 aromatic heterocycles. The molecular formula is C4H4N4O4. The molecule has 0 spiro atoms. The fourth-order valence-corrected chi connectivity index (χ4v) is 0.679. The normalized spacial score (nSPS) is 9.67. The summed E-state index contributed by atoms with van der Waals surface area (Å²) in [4.78, 5) is 33.9. The molecular weight excluding hydrogens is 171 g/mol. The van der Waals surface area contributed by atoms with Crippen LogP contribution in [0.25, 0.3) is 0 Å². The average molecular weight is 175 g/mol. The van der Waals surface area contributed by atoms with Crippen LogP contribution in [-0.4, -0.2) is 14.9 Å². The minimum absolute atomic E-state index is 0.547. The summed E-state index contributed by atoms with van der Waals surface area (Å²) in [7, 11) is 0. The number of nitrogens with one attached hydrogen (secondary N) is 2. The molecule has 0 atom stereocenters. The lowest BCUT2D eigenvalue weighted by atomic mass is 11.2. The first-order valence-corrected chi connectivity index (χ1v) is 2.79. The van der Waals surface area contributed by atoms with Crippen LogP contribution in [0.15, 0.2) is 9.59 Å². The van der Waals surface area contributed by atoms with Crippen molar-refractivity contribution in [3.63, 3.8) is 0 Å². The molecule has 1 aromatic rings. The molecule has 0 unspecified atom stereocenters. The van der Waals surface area contributed by atoms with Crippen LogP contribution in [0.2, 0.25) is 0 Å². The molecule has 1 heterocycles. The van der Waals surface area contributed by atoms with Crippen molar-refractivity contribution >= 4 is 11.5 Å². The lowest BCUT2D eigenvalue weighted by Crippen LogP contribution is -2.26. The van der Waals surface area contributed by atoms with Gasteiger partial charge in [-0.2, -0.15) is 0 Å². The topological polar surface area (TPSA) is 135 Å². The predicted octanol–water partition coefficient (Wildman–Crippen LogP) is -1.45. The van der Waals surface area contributed by atoms with Crippen LogP contribution in [0.3, 0.4) is 0 Å². The Bertz CT molecular complexity index is 429. The number of nitro groups is 1. The maximum atomic E-state index is 10.7. The van der Waals surface area contributed by atoms with Gasteiger partial charge in [0.15, 0.2) is 5.82 Å². The van der Waals surface area contributed by atoms with E-state index in [0.29, 0.717) is 0 Å². The smallest absolute Gasteiger partial charge is 0.373 e. The van der Waals surface area contributed by atoms with Gasteiger partial charge in [-0.3, -0.25) is 24.9 Å². The average Bonchev–Trinajstić information content (AvgIpc) is 1.82. The largest absolute Gasteiger partial charge is 0.379 e. The van der Waals surface area contributed by atoms with E-state index >= 15 is 0 Å². The number of nitrogens with two attached hydrogens (primary N) is 1. The predicted molar refractivity (Wildman–Crippen MR) is 38.8 cm³/mol. The zero-order valence-corrected chi connectivity index (χ0v) is 5.66. The number of H-pyrrole nitrogens is 2. The maximum absolute atomic E-state index is 10.7. The molecule has 4 N–H and O–H groups in total. The number of anilines is 1. The number of rotatable bonds is 1. The fourth-order valence-electron chi connectivity index (χ4n) is 0.679. The van der Waals surface area contributed by atoms with E-state index in [4.69, 9.17) is 5.73 Å². The van der Waals surface area contributed by atoms with Gasteiger partial charge in [-0.15, -0.1) is 0 Å². The Kier molecular flexibility index (Phi) is 1.66. The molecule has 12 heavy (non-hydrogen) atoms. The first-order chi connectivity index (χ1) is 5.52. The first-order valence-electron chi connectivity index (χ1n) is 2.79. The zero-order valence-electron chi connectivity index (χ0n) is 5.66. The van der Waals surface area contributed by atoms with Crippen molar-refractivity contribution in [2.24, 2.45) is 0 Å². The SMILES string of the molecule is N[13c]1[nH]c(=O)[nH][13c](=O)[13c]1[N+](=O)[O-]. The second-order valence-electron chi connectivity index (χ2n) is 1.93. The third-order valence-corrected chi connectivity index (χ3v) is 1.13. The Labute approximate surface area is 64.2 Å². The van der Waals surface area contributed by atoms with E-state index in [-0.39, 0.29) is 0 Å². The van der Waals surface area contributed by atoms with Gasteiger partial charge in [0.2, 0.25) is 0 Å². The molecule has 0 aliphatic carbocycles. The summed E-state index contributed by atoms with van der Waals surface area (Å²) in [6.45, 7) is 0. The van der Waals surface area contributed by atoms with Crippen LogP contribution in [0.4, 0.5) is 11.5 Å².